The summed E-state index contributed by atoms with van der Waals surface area (Å²) in [6, 6.07) is 13.6. The van der Waals surface area contributed by atoms with E-state index in [2.05, 4.69) is 10.2 Å². The van der Waals surface area contributed by atoms with E-state index >= 15 is 0 Å². The van der Waals surface area contributed by atoms with Crippen molar-refractivity contribution in [3.63, 3.8) is 0 Å². The number of imide groups is 1. The molecule has 0 radical (unpaired) electrons. The first-order valence-corrected chi connectivity index (χ1v) is 16.4. The third-order valence-corrected chi connectivity index (χ3v) is 9.34. The fourth-order valence-corrected chi connectivity index (χ4v) is 6.80. The van der Waals surface area contributed by atoms with Crippen LogP contribution in [-0.4, -0.2) is 42.9 Å². The van der Waals surface area contributed by atoms with Gasteiger partial charge < -0.3 is 10.8 Å². The number of aromatic hydroxyl groups is 1. The molecule has 0 atom stereocenters. The van der Waals surface area contributed by atoms with Gasteiger partial charge in [-0.15, -0.1) is 5.11 Å². The monoisotopic (exact) mass is 652 g/mol. The van der Waals surface area contributed by atoms with Gasteiger partial charge in [0, 0.05) is 18.2 Å². The number of nitrogens with zero attached hydrogens (tertiary/aromatic N) is 3. The van der Waals surface area contributed by atoms with Crippen molar-refractivity contribution < 1.29 is 40.6 Å². The first kappa shape index (κ1) is 31.7. The molecule has 0 saturated carbocycles. The summed E-state index contributed by atoms with van der Waals surface area (Å²) in [5.74, 6) is -1.16. The van der Waals surface area contributed by atoms with Gasteiger partial charge in [0.05, 0.1) is 22.4 Å². The molecule has 5 rings (SSSR count). The highest BCUT2D eigenvalue weighted by atomic mass is 32.2. The Kier molecular flexibility index (Phi) is 7.99. The van der Waals surface area contributed by atoms with Gasteiger partial charge in [-0.25, -0.2) is 0 Å². The summed E-state index contributed by atoms with van der Waals surface area (Å²) in [7, 11) is -10.0. The number of azo groups is 1. The van der Waals surface area contributed by atoms with Crippen LogP contribution in [0.15, 0.2) is 74.6 Å². The predicted octanol–water partition coefficient (Wildman–Crippen LogP) is 5.61. The zero-order chi connectivity index (χ0) is 33.0. The lowest BCUT2D eigenvalue weighted by molar-refractivity contribution is -0.130. The first-order chi connectivity index (χ1) is 21.0. The van der Waals surface area contributed by atoms with E-state index in [0.717, 1.165) is 22.8 Å². The zero-order valence-corrected chi connectivity index (χ0v) is 25.8. The van der Waals surface area contributed by atoms with Crippen molar-refractivity contribution >= 4 is 65.6 Å². The maximum absolute atomic E-state index is 12.6. The molecule has 1 aliphatic heterocycles. The molecule has 0 aliphatic carbocycles. The van der Waals surface area contributed by atoms with Gasteiger partial charge in [0.1, 0.15) is 15.5 Å². The summed E-state index contributed by atoms with van der Waals surface area (Å²) in [5.41, 5.74) is 9.09. The Morgan fingerprint density at radius 1 is 0.778 bits per heavy atom. The molecule has 0 spiro atoms. The van der Waals surface area contributed by atoms with Gasteiger partial charge in [0.25, 0.3) is 20.2 Å². The molecule has 1 saturated heterocycles. The lowest BCUT2D eigenvalue weighted by Gasteiger charge is -2.29. The maximum Gasteiger partial charge on any atom is 0.296 e. The molecule has 1 fully saturated rings. The summed E-state index contributed by atoms with van der Waals surface area (Å²) < 4.78 is 66.8. The van der Waals surface area contributed by atoms with Crippen molar-refractivity contribution in [3.05, 3.63) is 65.7 Å². The smallest absolute Gasteiger partial charge is 0.296 e. The quantitative estimate of drug-likeness (QED) is 0.0873. The van der Waals surface area contributed by atoms with Crippen molar-refractivity contribution in [2.24, 2.45) is 16.1 Å². The minimum Gasteiger partial charge on any atom is -0.505 e. The molecule has 15 heteroatoms. The Hall–Kier alpha value is -4.70. The van der Waals surface area contributed by atoms with Crippen LogP contribution < -0.4 is 10.6 Å². The van der Waals surface area contributed by atoms with E-state index in [1.54, 1.807) is 25.1 Å². The second-order valence-electron chi connectivity index (χ2n) is 10.9. The number of rotatable bonds is 6. The third-order valence-electron chi connectivity index (χ3n) is 7.55. The average molecular weight is 653 g/mol. The molecule has 234 valence electrons. The summed E-state index contributed by atoms with van der Waals surface area (Å²) >= 11 is 0. The molecule has 0 aromatic heterocycles. The predicted molar refractivity (Wildman–Crippen MR) is 166 cm³/mol. The van der Waals surface area contributed by atoms with Gasteiger partial charge in [-0.3, -0.25) is 23.6 Å². The molecule has 5 N–H and O–H groups in total. The number of piperidine rings is 1. The van der Waals surface area contributed by atoms with E-state index in [1.807, 2.05) is 32.0 Å². The van der Waals surface area contributed by atoms with Crippen LogP contribution in [0.25, 0.3) is 21.9 Å². The Morgan fingerprint density at radius 3 is 1.87 bits per heavy atom. The van der Waals surface area contributed by atoms with Gasteiger partial charge in [-0.05, 0) is 78.4 Å². The van der Waals surface area contributed by atoms with Crippen molar-refractivity contribution in [3.8, 4) is 16.9 Å². The van der Waals surface area contributed by atoms with E-state index in [4.69, 9.17) is 5.73 Å². The highest BCUT2D eigenvalue weighted by Gasteiger charge is 2.32. The number of amides is 2. The number of fused-ring (bicyclic) bond motifs is 1. The first-order valence-electron chi connectivity index (χ1n) is 13.5. The van der Waals surface area contributed by atoms with Gasteiger partial charge >= 0.3 is 0 Å². The van der Waals surface area contributed by atoms with Crippen molar-refractivity contribution in [2.75, 3.05) is 10.6 Å². The number of carbonyl (C=O) groups is 2. The van der Waals surface area contributed by atoms with Crippen LogP contribution in [0.5, 0.6) is 5.75 Å². The van der Waals surface area contributed by atoms with Crippen LogP contribution in [0, 0.1) is 19.8 Å². The fraction of sp³-hybridized carbons (Fsp3) is 0.200. The van der Waals surface area contributed by atoms with Gasteiger partial charge in [0.15, 0.2) is 5.75 Å². The number of aryl methyl sites for hydroxylation is 2. The van der Waals surface area contributed by atoms with Crippen LogP contribution >= 0.6 is 0 Å². The standard InChI is InChI=1S/C30H28N4O9S2/c1-15-10-26(35)34(27(36)11-15)23-9-5-19(13-17(23)3)18-4-7-21(16(2)12-18)32-33-22-8-6-20-24(44(38,39)40)14-25(45(41,42)43)29(31)28(20)30(22)37/h4-9,12-15,37H,10-11,31H2,1-3H3,(H,38,39,40)(H,41,42,43). The van der Waals surface area contributed by atoms with E-state index in [1.165, 1.54) is 11.0 Å². The Bertz CT molecular complexity index is 2160. The third kappa shape index (κ3) is 6.02. The van der Waals surface area contributed by atoms with Crippen LogP contribution in [0.3, 0.4) is 0 Å². The van der Waals surface area contributed by atoms with E-state index in [0.29, 0.717) is 35.8 Å². The van der Waals surface area contributed by atoms with Crippen LogP contribution in [-0.2, 0) is 29.8 Å². The number of carbonyl (C=O) groups excluding carboxylic acids is 2. The number of hydrogen-bond donors (Lipinski definition) is 4. The minimum absolute atomic E-state index is 0.0127. The number of phenols is 1. The van der Waals surface area contributed by atoms with E-state index in [-0.39, 0.29) is 28.8 Å². The molecule has 2 amide bonds. The van der Waals surface area contributed by atoms with Crippen LogP contribution in [0.1, 0.15) is 30.9 Å². The van der Waals surface area contributed by atoms with Crippen LogP contribution in [0.2, 0.25) is 0 Å². The number of benzene rings is 4. The summed E-state index contributed by atoms with van der Waals surface area (Å²) in [4.78, 5) is 24.5. The molecule has 45 heavy (non-hydrogen) atoms. The number of phenolic OH excluding ortho intramolecular Hbond substituents is 1. The molecule has 1 aliphatic rings. The van der Waals surface area contributed by atoms with E-state index in [9.17, 15) is 40.6 Å². The second-order valence-corrected chi connectivity index (χ2v) is 13.7. The second kappa shape index (κ2) is 11.3. The lowest BCUT2D eigenvalue weighted by atomic mass is 9.95. The SMILES string of the molecule is Cc1cc(-c2ccc(N3C(=O)CC(C)CC3=O)c(C)c2)ccc1N=Nc1ccc2c(S(=O)(=O)O)cc(S(=O)(=O)O)c(N)c2c1O. The lowest BCUT2D eigenvalue weighted by Crippen LogP contribution is -2.43. The van der Waals surface area contributed by atoms with Gasteiger partial charge in [-0.1, -0.05) is 25.1 Å². The molecule has 4 aromatic carbocycles. The molecule has 0 unspecified atom stereocenters. The maximum atomic E-state index is 12.6. The number of nitrogen functional groups attached to an aromatic ring is 1. The Balaban J connectivity index is 1.48. The molecule has 1 heterocycles. The summed E-state index contributed by atoms with van der Waals surface area (Å²) in [5, 5.41) is 18.3. The van der Waals surface area contributed by atoms with E-state index < -0.39 is 46.9 Å². The highest BCUT2D eigenvalue weighted by Crippen LogP contribution is 2.44. The zero-order valence-electron chi connectivity index (χ0n) is 24.2. The summed E-state index contributed by atoms with van der Waals surface area (Å²) in [6.45, 7) is 5.48. The Morgan fingerprint density at radius 2 is 1.31 bits per heavy atom. The Labute approximate surface area is 258 Å². The van der Waals surface area contributed by atoms with Crippen molar-refractivity contribution in [2.45, 2.75) is 43.4 Å². The van der Waals surface area contributed by atoms with Gasteiger partial charge in [-0.2, -0.15) is 21.9 Å². The number of anilines is 2. The molecular weight excluding hydrogens is 624 g/mol. The largest absolute Gasteiger partial charge is 0.505 e. The fourth-order valence-electron chi connectivity index (χ4n) is 5.36. The summed E-state index contributed by atoms with van der Waals surface area (Å²) in [6.07, 6.45) is 0.618. The normalized spacial score (nSPS) is 15.0. The molecular formula is C30H28N4O9S2. The molecule has 0 bridgehead atoms. The topological polar surface area (TPSA) is 217 Å². The van der Waals surface area contributed by atoms with Crippen molar-refractivity contribution in [1.82, 2.24) is 0 Å². The highest BCUT2D eigenvalue weighted by molar-refractivity contribution is 7.87. The number of hydrogen-bond acceptors (Lipinski definition) is 10. The van der Waals surface area contributed by atoms with Crippen LogP contribution in [0.4, 0.5) is 22.7 Å². The minimum atomic E-state index is -5.04. The molecule has 4 aromatic rings. The molecule has 13 nitrogen and oxygen atoms in total. The average Bonchev–Trinajstić information content (AvgIpc) is 2.92. The number of nitrogens with two attached hydrogens (primary N) is 1. The van der Waals surface area contributed by atoms with Gasteiger partial charge in [0.2, 0.25) is 11.8 Å². The van der Waals surface area contributed by atoms with Crippen molar-refractivity contribution in [1.29, 1.82) is 0 Å².